The van der Waals surface area contributed by atoms with Crippen molar-refractivity contribution in [3.8, 4) is 0 Å². The SMILES string of the molecule is CCCc1ccc(S(=O)(=O)CC)cn1. The predicted molar refractivity (Wildman–Crippen MR) is 56.0 cm³/mol. The van der Waals surface area contributed by atoms with Crippen LogP contribution in [0.4, 0.5) is 0 Å². The van der Waals surface area contributed by atoms with Crippen LogP contribution >= 0.6 is 0 Å². The van der Waals surface area contributed by atoms with Crippen molar-refractivity contribution in [1.29, 1.82) is 0 Å². The highest BCUT2D eigenvalue weighted by atomic mass is 32.2. The molecular weight excluding hydrogens is 198 g/mol. The molecule has 0 unspecified atom stereocenters. The lowest BCUT2D eigenvalue weighted by molar-refractivity contribution is 0.596. The summed E-state index contributed by atoms with van der Waals surface area (Å²) in [6.45, 7) is 3.70. The molecule has 1 aromatic heterocycles. The van der Waals surface area contributed by atoms with Gasteiger partial charge in [0.1, 0.15) is 0 Å². The molecule has 0 atom stereocenters. The maximum Gasteiger partial charge on any atom is 0.179 e. The number of nitrogens with zero attached hydrogens (tertiary/aromatic N) is 1. The number of pyridine rings is 1. The lowest BCUT2D eigenvalue weighted by atomic mass is 10.2. The second kappa shape index (κ2) is 4.55. The first-order chi connectivity index (χ1) is 6.60. The highest BCUT2D eigenvalue weighted by Crippen LogP contribution is 2.10. The van der Waals surface area contributed by atoms with E-state index in [4.69, 9.17) is 0 Å². The highest BCUT2D eigenvalue weighted by Gasteiger charge is 2.10. The maximum atomic E-state index is 11.4. The van der Waals surface area contributed by atoms with Gasteiger partial charge in [-0.15, -0.1) is 0 Å². The van der Waals surface area contributed by atoms with E-state index >= 15 is 0 Å². The Bertz CT molecular complexity index is 381. The van der Waals surface area contributed by atoms with Crippen LogP contribution in [0.2, 0.25) is 0 Å². The van der Waals surface area contributed by atoms with Gasteiger partial charge in [0.2, 0.25) is 0 Å². The van der Waals surface area contributed by atoms with Gasteiger partial charge in [0, 0.05) is 11.9 Å². The minimum atomic E-state index is -3.09. The number of rotatable bonds is 4. The first-order valence-corrected chi connectivity index (χ1v) is 6.43. The first kappa shape index (κ1) is 11.2. The molecule has 0 bridgehead atoms. The second-order valence-electron chi connectivity index (χ2n) is 3.14. The number of hydrogen-bond acceptors (Lipinski definition) is 3. The average molecular weight is 213 g/mol. The Morgan fingerprint density at radius 2 is 2.00 bits per heavy atom. The molecule has 4 heteroatoms. The van der Waals surface area contributed by atoms with Crippen molar-refractivity contribution in [3.63, 3.8) is 0 Å². The second-order valence-corrected chi connectivity index (χ2v) is 5.42. The summed E-state index contributed by atoms with van der Waals surface area (Å²) in [7, 11) is -3.09. The maximum absolute atomic E-state index is 11.4. The minimum absolute atomic E-state index is 0.127. The summed E-state index contributed by atoms with van der Waals surface area (Å²) in [5.41, 5.74) is 0.947. The molecule has 1 heterocycles. The fourth-order valence-electron chi connectivity index (χ4n) is 1.17. The Labute approximate surface area is 85.1 Å². The van der Waals surface area contributed by atoms with Crippen LogP contribution in [0.25, 0.3) is 0 Å². The number of aryl methyl sites for hydroxylation is 1. The molecular formula is C10H15NO2S. The molecule has 0 spiro atoms. The van der Waals surface area contributed by atoms with Crippen LogP contribution < -0.4 is 0 Å². The van der Waals surface area contributed by atoms with Crippen LogP contribution in [0.1, 0.15) is 26.0 Å². The van der Waals surface area contributed by atoms with Crippen LogP contribution in [0.15, 0.2) is 23.2 Å². The quantitative estimate of drug-likeness (QED) is 0.766. The topological polar surface area (TPSA) is 47.0 Å². The van der Waals surface area contributed by atoms with Gasteiger partial charge in [-0.25, -0.2) is 8.42 Å². The van der Waals surface area contributed by atoms with Gasteiger partial charge in [-0.2, -0.15) is 0 Å². The highest BCUT2D eigenvalue weighted by molar-refractivity contribution is 7.91. The summed E-state index contributed by atoms with van der Waals surface area (Å²) in [4.78, 5) is 4.42. The van der Waals surface area contributed by atoms with Crippen molar-refractivity contribution in [3.05, 3.63) is 24.0 Å². The van der Waals surface area contributed by atoms with Crippen LogP contribution in [0.3, 0.4) is 0 Å². The van der Waals surface area contributed by atoms with Gasteiger partial charge in [0.05, 0.1) is 10.6 Å². The number of hydrogen-bond donors (Lipinski definition) is 0. The number of sulfone groups is 1. The molecule has 0 fully saturated rings. The van der Waals surface area contributed by atoms with E-state index in [0.717, 1.165) is 18.5 Å². The molecule has 0 radical (unpaired) electrons. The first-order valence-electron chi connectivity index (χ1n) is 4.78. The minimum Gasteiger partial charge on any atom is -0.260 e. The molecule has 0 aliphatic rings. The van der Waals surface area contributed by atoms with Gasteiger partial charge in [-0.05, 0) is 18.6 Å². The molecule has 0 saturated carbocycles. The largest absolute Gasteiger partial charge is 0.260 e. The van der Waals surface area contributed by atoms with E-state index in [0.29, 0.717) is 4.90 Å². The molecule has 0 aliphatic carbocycles. The fourth-order valence-corrected chi connectivity index (χ4v) is 1.99. The van der Waals surface area contributed by atoms with Gasteiger partial charge in [0.25, 0.3) is 0 Å². The van der Waals surface area contributed by atoms with Crippen molar-refractivity contribution in [2.75, 3.05) is 5.75 Å². The lowest BCUT2D eigenvalue weighted by Crippen LogP contribution is -2.04. The molecule has 1 aromatic rings. The van der Waals surface area contributed by atoms with Crippen LogP contribution in [0.5, 0.6) is 0 Å². The van der Waals surface area contributed by atoms with E-state index in [2.05, 4.69) is 11.9 Å². The zero-order valence-corrected chi connectivity index (χ0v) is 9.34. The van der Waals surface area contributed by atoms with Crippen LogP contribution in [-0.4, -0.2) is 19.2 Å². The van der Waals surface area contributed by atoms with Crippen molar-refractivity contribution in [2.24, 2.45) is 0 Å². The Hall–Kier alpha value is -0.900. The van der Waals surface area contributed by atoms with Gasteiger partial charge < -0.3 is 0 Å². The third-order valence-electron chi connectivity index (χ3n) is 2.04. The zero-order chi connectivity index (χ0) is 10.6. The van der Waals surface area contributed by atoms with Crippen molar-refractivity contribution in [1.82, 2.24) is 4.98 Å². The van der Waals surface area contributed by atoms with E-state index in [9.17, 15) is 8.42 Å². The predicted octanol–water partition coefficient (Wildman–Crippen LogP) is 1.83. The Morgan fingerprint density at radius 3 is 2.43 bits per heavy atom. The molecule has 0 aliphatic heterocycles. The van der Waals surface area contributed by atoms with Gasteiger partial charge in [-0.3, -0.25) is 4.98 Å². The molecule has 78 valence electrons. The summed E-state index contributed by atoms with van der Waals surface area (Å²) in [5, 5.41) is 0. The molecule has 1 rings (SSSR count). The molecule has 0 aromatic carbocycles. The summed E-state index contributed by atoms with van der Waals surface area (Å²) >= 11 is 0. The fraction of sp³-hybridized carbons (Fsp3) is 0.500. The van der Waals surface area contributed by atoms with Gasteiger partial charge in [-0.1, -0.05) is 20.3 Å². The molecule has 14 heavy (non-hydrogen) atoms. The van der Waals surface area contributed by atoms with E-state index < -0.39 is 9.84 Å². The Balaban J connectivity index is 2.94. The summed E-state index contributed by atoms with van der Waals surface area (Å²) in [6, 6.07) is 3.42. The Morgan fingerprint density at radius 1 is 1.29 bits per heavy atom. The van der Waals surface area contributed by atoms with E-state index in [-0.39, 0.29) is 5.75 Å². The smallest absolute Gasteiger partial charge is 0.179 e. The standard InChI is InChI=1S/C10H15NO2S/c1-3-5-9-6-7-10(8-11-9)14(12,13)4-2/h6-8H,3-5H2,1-2H3. The molecule has 0 saturated heterocycles. The van der Waals surface area contributed by atoms with E-state index in [1.54, 1.807) is 19.1 Å². The van der Waals surface area contributed by atoms with Crippen molar-refractivity contribution >= 4 is 9.84 Å². The number of aromatic nitrogens is 1. The molecule has 3 nitrogen and oxygen atoms in total. The lowest BCUT2D eigenvalue weighted by Gasteiger charge is -2.01. The summed E-state index contributed by atoms with van der Waals surface area (Å²) < 4.78 is 22.9. The van der Waals surface area contributed by atoms with E-state index in [1.807, 2.05) is 0 Å². The van der Waals surface area contributed by atoms with Gasteiger partial charge >= 0.3 is 0 Å². The third-order valence-corrected chi connectivity index (χ3v) is 3.76. The molecule has 0 amide bonds. The van der Waals surface area contributed by atoms with Crippen molar-refractivity contribution in [2.45, 2.75) is 31.6 Å². The summed E-state index contributed by atoms with van der Waals surface area (Å²) in [5.74, 6) is 0.127. The third kappa shape index (κ3) is 2.54. The Kier molecular flexibility index (Phi) is 3.63. The van der Waals surface area contributed by atoms with Crippen molar-refractivity contribution < 1.29 is 8.42 Å². The van der Waals surface area contributed by atoms with Crippen LogP contribution in [0, 0.1) is 0 Å². The molecule has 0 N–H and O–H groups in total. The van der Waals surface area contributed by atoms with Crippen LogP contribution in [-0.2, 0) is 16.3 Å². The normalized spacial score (nSPS) is 11.6. The zero-order valence-electron chi connectivity index (χ0n) is 8.53. The van der Waals surface area contributed by atoms with Gasteiger partial charge in [0.15, 0.2) is 9.84 Å². The van der Waals surface area contributed by atoms with E-state index in [1.165, 1.54) is 6.20 Å². The average Bonchev–Trinajstić information content (AvgIpc) is 2.19. The monoisotopic (exact) mass is 213 g/mol. The summed E-state index contributed by atoms with van der Waals surface area (Å²) in [6.07, 6.45) is 3.36.